The van der Waals surface area contributed by atoms with Gasteiger partial charge in [0, 0.05) is 5.69 Å². The predicted molar refractivity (Wildman–Crippen MR) is 60.8 cm³/mol. The van der Waals surface area contributed by atoms with Crippen molar-refractivity contribution in [1.29, 1.82) is 0 Å². The third kappa shape index (κ3) is 2.27. The molecule has 0 heterocycles. The number of carboxylic acid groups (broad SMARTS) is 1. The van der Waals surface area contributed by atoms with Crippen LogP contribution in [0.2, 0.25) is 0 Å². The largest absolute Gasteiger partial charge is 0.493 e. The van der Waals surface area contributed by atoms with Gasteiger partial charge in [-0.1, -0.05) is 0 Å². The predicted octanol–water partition coefficient (Wildman–Crippen LogP) is 2.06. The molecular weight excluding hydrogens is 206 g/mol. The average Bonchev–Trinajstić information content (AvgIpc) is 3.02. The molecule has 3 N–H and O–H groups in total. The number of carboxylic acids is 1. The van der Waals surface area contributed by atoms with Gasteiger partial charge < -0.3 is 15.6 Å². The van der Waals surface area contributed by atoms with Gasteiger partial charge in [0.05, 0.1) is 12.2 Å². The zero-order valence-electron chi connectivity index (χ0n) is 9.19. The maximum atomic E-state index is 10.9. The molecule has 0 aliphatic heterocycles. The van der Waals surface area contributed by atoms with Crippen molar-refractivity contribution in [2.45, 2.75) is 19.8 Å². The first-order valence-electron chi connectivity index (χ1n) is 5.34. The number of hydrogen-bond donors (Lipinski definition) is 2. The molecule has 86 valence electrons. The van der Waals surface area contributed by atoms with E-state index in [1.807, 2.05) is 0 Å². The number of benzene rings is 1. The highest BCUT2D eigenvalue weighted by Gasteiger charge is 2.22. The van der Waals surface area contributed by atoms with Gasteiger partial charge in [-0.3, -0.25) is 0 Å². The molecule has 0 bridgehead atoms. The zero-order chi connectivity index (χ0) is 11.7. The number of nitrogens with two attached hydrogens (primary N) is 1. The fourth-order valence-electron chi connectivity index (χ4n) is 1.52. The molecule has 0 atom stereocenters. The van der Waals surface area contributed by atoms with Gasteiger partial charge >= 0.3 is 5.97 Å². The molecule has 0 unspecified atom stereocenters. The van der Waals surface area contributed by atoms with Crippen LogP contribution in [0.3, 0.4) is 0 Å². The number of rotatable bonds is 4. The minimum Gasteiger partial charge on any atom is -0.493 e. The molecule has 4 heteroatoms. The van der Waals surface area contributed by atoms with Crippen molar-refractivity contribution in [2.24, 2.45) is 5.92 Å². The zero-order valence-corrected chi connectivity index (χ0v) is 9.19. The van der Waals surface area contributed by atoms with Crippen LogP contribution in [0.1, 0.15) is 28.8 Å². The van der Waals surface area contributed by atoms with Crippen LogP contribution in [0.5, 0.6) is 5.75 Å². The summed E-state index contributed by atoms with van der Waals surface area (Å²) in [4.78, 5) is 10.9. The number of aromatic carboxylic acids is 1. The van der Waals surface area contributed by atoms with E-state index in [9.17, 15) is 4.79 Å². The molecule has 1 aliphatic rings. The Hall–Kier alpha value is -1.71. The Morgan fingerprint density at radius 3 is 2.81 bits per heavy atom. The number of nitrogen functional groups attached to an aromatic ring is 1. The SMILES string of the molecule is Cc1cc(OCC2CC2)cc(C(=O)O)c1N. The minimum absolute atomic E-state index is 0.116. The fraction of sp³-hybridized carbons (Fsp3) is 0.417. The highest BCUT2D eigenvalue weighted by atomic mass is 16.5. The van der Waals surface area contributed by atoms with Crippen LogP contribution in [0.4, 0.5) is 5.69 Å². The van der Waals surface area contributed by atoms with Gasteiger partial charge in [-0.05, 0) is 43.4 Å². The van der Waals surface area contributed by atoms with Gasteiger partial charge in [0.1, 0.15) is 5.75 Å². The van der Waals surface area contributed by atoms with E-state index in [0.29, 0.717) is 24.0 Å². The molecule has 1 aliphatic carbocycles. The Labute approximate surface area is 94.0 Å². The second-order valence-corrected chi connectivity index (χ2v) is 4.26. The third-order valence-corrected chi connectivity index (χ3v) is 2.77. The summed E-state index contributed by atoms with van der Waals surface area (Å²) in [6, 6.07) is 3.28. The lowest BCUT2D eigenvalue weighted by Gasteiger charge is -2.10. The van der Waals surface area contributed by atoms with Crippen LogP contribution < -0.4 is 10.5 Å². The van der Waals surface area contributed by atoms with Crippen molar-refractivity contribution >= 4 is 11.7 Å². The van der Waals surface area contributed by atoms with E-state index in [0.717, 1.165) is 5.56 Å². The Kier molecular flexibility index (Phi) is 2.73. The quantitative estimate of drug-likeness (QED) is 0.763. The first-order valence-corrected chi connectivity index (χ1v) is 5.34. The van der Waals surface area contributed by atoms with Crippen LogP contribution in [0, 0.1) is 12.8 Å². The second kappa shape index (κ2) is 4.04. The molecule has 0 aromatic heterocycles. The molecule has 1 saturated carbocycles. The maximum Gasteiger partial charge on any atom is 0.337 e. The monoisotopic (exact) mass is 221 g/mol. The Balaban J connectivity index is 2.20. The molecule has 16 heavy (non-hydrogen) atoms. The molecule has 0 radical (unpaired) electrons. The second-order valence-electron chi connectivity index (χ2n) is 4.26. The van der Waals surface area contributed by atoms with Crippen LogP contribution in [0.25, 0.3) is 0 Å². The summed E-state index contributed by atoms with van der Waals surface area (Å²) in [6.45, 7) is 2.45. The molecule has 0 saturated heterocycles. The molecule has 2 rings (SSSR count). The maximum absolute atomic E-state index is 10.9. The summed E-state index contributed by atoms with van der Waals surface area (Å²) in [5, 5.41) is 8.97. The molecule has 4 nitrogen and oxygen atoms in total. The van der Waals surface area contributed by atoms with E-state index in [1.54, 1.807) is 13.0 Å². The van der Waals surface area contributed by atoms with Crippen LogP contribution in [-0.4, -0.2) is 17.7 Å². The van der Waals surface area contributed by atoms with Crippen LogP contribution in [-0.2, 0) is 0 Å². The van der Waals surface area contributed by atoms with Crippen LogP contribution >= 0.6 is 0 Å². The first kappa shape index (κ1) is 10.8. The Morgan fingerprint density at radius 1 is 1.56 bits per heavy atom. The van der Waals surface area contributed by atoms with Gasteiger partial charge in [-0.15, -0.1) is 0 Å². The molecule has 1 aromatic carbocycles. The van der Waals surface area contributed by atoms with Gasteiger partial charge in [0.25, 0.3) is 0 Å². The summed E-state index contributed by atoms with van der Waals surface area (Å²) < 4.78 is 5.54. The highest BCUT2D eigenvalue weighted by Crippen LogP contribution is 2.31. The normalized spacial score (nSPS) is 14.8. The van der Waals surface area contributed by atoms with E-state index in [-0.39, 0.29) is 5.56 Å². The van der Waals surface area contributed by atoms with Crippen molar-refractivity contribution in [1.82, 2.24) is 0 Å². The summed E-state index contributed by atoms with van der Waals surface area (Å²) >= 11 is 0. The average molecular weight is 221 g/mol. The number of aryl methyl sites for hydroxylation is 1. The summed E-state index contributed by atoms with van der Waals surface area (Å²) in [5.74, 6) is 0.222. The van der Waals surface area contributed by atoms with Crippen molar-refractivity contribution < 1.29 is 14.6 Å². The number of carbonyl (C=O) groups is 1. The lowest BCUT2D eigenvalue weighted by Crippen LogP contribution is -2.06. The summed E-state index contributed by atoms with van der Waals surface area (Å²) in [7, 11) is 0. The minimum atomic E-state index is -1.02. The summed E-state index contributed by atoms with van der Waals surface area (Å²) in [6.07, 6.45) is 2.42. The van der Waals surface area contributed by atoms with Crippen molar-refractivity contribution in [3.8, 4) is 5.75 Å². The molecule has 0 spiro atoms. The van der Waals surface area contributed by atoms with Gasteiger partial charge in [0.15, 0.2) is 0 Å². The van der Waals surface area contributed by atoms with Gasteiger partial charge in [-0.2, -0.15) is 0 Å². The highest BCUT2D eigenvalue weighted by molar-refractivity contribution is 5.95. The number of hydrogen-bond acceptors (Lipinski definition) is 3. The first-order chi connectivity index (χ1) is 7.58. The van der Waals surface area contributed by atoms with Gasteiger partial charge in [-0.25, -0.2) is 4.79 Å². The number of ether oxygens (including phenoxy) is 1. The molecule has 1 fully saturated rings. The Morgan fingerprint density at radius 2 is 2.25 bits per heavy atom. The summed E-state index contributed by atoms with van der Waals surface area (Å²) in [5.41, 5.74) is 6.85. The van der Waals surface area contributed by atoms with E-state index in [4.69, 9.17) is 15.6 Å². The number of anilines is 1. The van der Waals surface area contributed by atoms with Crippen molar-refractivity contribution in [3.05, 3.63) is 23.3 Å². The van der Waals surface area contributed by atoms with Crippen molar-refractivity contribution in [2.75, 3.05) is 12.3 Å². The third-order valence-electron chi connectivity index (χ3n) is 2.77. The van der Waals surface area contributed by atoms with E-state index in [1.165, 1.54) is 18.9 Å². The Bertz CT molecular complexity index is 425. The van der Waals surface area contributed by atoms with E-state index >= 15 is 0 Å². The standard InChI is InChI=1S/C12H15NO3/c1-7-4-9(16-6-8-2-3-8)5-10(11(7)13)12(14)15/h4-5,8H,2-3,6,13H2,1H3,(H,14,15). The van der Waals surface area contributed by atoms with Crippen molar-refractivity contribution in [3.63, 3.8) is 0 Å². The molecular formula is C12H15NO3. The molecule has 0 amide bonds. The topological polar surface area (TPSA) is 72.5 Å². The lowest BCUT2D eigenvalue weighted by molar-refractivity contribution is 0.0697. The van der Waals surface area contributed by atoms with Crippen LogP contribution in [0.15, 0.2) is 12.1 Å². The smallest absolute Gasteiger partial charge is 0.337 e. The van der Waals surface area contributed by atoms with E-state index < -0.39 is 5.97 Å². The lowest BCUT2D eigenvalue weighted by atomic mass is 10.1. The van der Waals surface area contributed by atoms with E-state index in [2.05, 4.69) is 0 Å². The molecule has 1 aromatic rings. The fourth-order valence-corrected chi connectivity index (χ4v) is 1.52. The van der Waals surface area contributed by atoms with Gasteiger partial charge in [0.2, 0.25) is 0 Å².